The molecule has 1 aliphatic heterocycles. The van der Waals surface area contributed by atoms with Crippen LogP contribution in [0.1, 0.15) is 5.56 Å². The third-order valence-electron chi connectivity index (χ3n) is 4.07. The van der Waals surface area contributed by atoms with Crippen LogP contribution in [0.3, 0.4) is 0 Å². The summed E-state index contributed by atoms with van der Waals surface area (Å²) < 4.78 is 38.7. The zero-order valence-electron chi connectivity index (χ0n) is 13.5. The van der Waals surface area contributed by atoms with E-state index in [0.29, 0.717) is 25.3 Å². The lowest BCUT2D eigenvalue weighted by Crippen LogP contribution is -2.46. The first kappa shape index (κ1) is 17.4. The number of aromatic nitrogens is 3. The minimum Gasteiger partial charge on any atom is -0.368 e. The predicted octanol–water partition coefficient (Wildman–Crippen LogP) is 1.36. The van der Waals surface area contributed by atoms with E-state index in [2.05, 4.69) is 15.0 Å². The topological polar surface area (TPSA) is 54.3 Å². The summed E-state index contributed by atoms with van der Waals surface area (Å²) in [4.78, 5) is 19.8. The first-order valence-corrected chi connectivity index (χ1v) is 7.93. The van der Waals surface area contributed by atoms with Gasteiger partial charge in [0.1, 0.15) is 12.4 Å². The van der Waals surface area contributed by atoms with E-state index in [9.17, 15) is 18.0 Å². The van der Waals surface area contributed by atoms with Crippen LogP contribution in [0.4, 0.5) is 18.9 Å². The second-order valence-corrected chi connectivity index (χ2v) is 5.90. The summed E-state index contributed by atoms with van der Waals surface area (Å²) in [5, 5.41) is 3.81. The summed E-state index contributed by atoms with van der Waals surface area (Å²) in [6.45, 7) is 2.71. The van der Waals surface area contributed by atoms with Gasteiger partial charge in [-0.05, 0) is 11.6 Å². The lowest BCUT2D eigenvalue weighted by molar-refractivity contribution is 0.119. The molecule has 0 spiro atoms. The van der Waals surface area contributed by atoms with Crippen LogP contribution in [-0.4, -0.2) is 52.3 Å². The summed E-state index contributed by atoms with van der Waals surface area (Å²) >= 11 is 0. The highest BCUT2D eigenvalue weighted by Gasteiger charge is 2.19. The number of alkyl halides is 2. The van der Waals surface area contributed by atoms with Crippen molar-refractivity contribution >= 4 is 5.69 Å². The molecule has 1 saturated heterocycles. The molecule has 0 N–H and O–H groups in total. The van der Waals surface area contributed by atoms with E-state index in [4.69, 9.17) is 0 Å². The number of rotatable bonds is 5. The van der Waals surface area contributed by atoms with Crippen LogP contribution in [-0.2, 0) is 13.1 Å². The Hall–Kier alpha value is -2.42. The summed E-state index contributed by atoms with van der Waals surface area (Å²) in [5.41, 5.74) is 0.901. The van der Waals surface area contributed by atoms with Gasteiger partial charge in [0, 0.05) is 45.0 Å². The molecule has 3 heterocycles. The Morgan fingerprint density at radius 3 is 2.48 bits per heavy atom. The lowest BCUT2D eigenvalue weighted by Gasteiger charge is -2.35. The quantitative estimate of drug-likeness (QED) is 0.813. The molecule has 6 nitrogen and oxygen atoms in total. The van der Waals surface area contributed by atoms with Gasteiger partial charge in [-0.1, -0.05) is 0 Å². The molecule has 134 valence electrons. The fourth-order valence-corrected chi connectivity index (χ4v) is 2.83. The molecule has 3 rings (SSSR count). The summed E-state index contributed by atoms with van der Waals surface area (Å²) in [7, 11) is 0. The molecule has 0 radical (unpaired) electrons. The smallest absolute Gasteiger partial charge is 0.269 e. The largest absolute Gasteiger partial charge is 0.368 e. The van der Waals surface area contributed by atoms with Crippen molar-refractivity contribution in [2.24, 2.45) is 0 Å². The van der Waals surface area contributed by atoms with Crippen molar-refractivity contribution in [2.75, 3.05) is 31.1 Å². The van der Waals surface area contributed by atoms with Gasteiger partial charge in [0.05, 0.1) is 18.1 Å². The van der Waals surface area contributed by atoms with Gasteiger partial charge in [0.2, 0.25) is 0 Å². The van der Waals surface area contributed by atoms with Crippen LogP contribution in [0, 0.1) is 5.82 Å². The van der Waals surface area contributed by atoms with E-state index in [1.165, 1.54) is 24.5 Å². The first-order chi connectivity index (χ1) is 12.0. The minimum absolute atomic E-state index is 0.355. The number of halogens is 3. The maximum atomic E-state index is 13.2. The molecule has 1 fully saturated rings. The number of hydrogen-bond donors (Lipinski definition) is 0. The highest BCUT2D eigenvalue weighted by molar-refractivity contribution is 5.43. The van der Waals surface area contributed by atoms with Crippen LogP contribution in [0.5, 0.6) is 0 Å². The Kier molecular flexibility index (Phi) is 5.32. The third kappa shape index (κ3) is 4.56. The Morgan fingerprint density at radius 1 is 1.08 bits per heavy atom. The van der Waals surface area contributed by atoms with E-state index >= 15 is 0 Å². The van der Waals surface area contributed by atoms with Crippen molar-refractivity contribution in [1.82, 2.24) is 19.7 Å². The zero-order valence-corrected chi connectivity index (χ0v) is 13.5. The van der Waals surface area contributed by atoms with Gasteiger partial charge in [-0.15, -0.1) is 0 Å². The van der Waals surface area contributed by atoms with Crippen molar-refractivity contribution < 1.29 is 13.2 Å². The van der Waals surface area contributed by atoms with Gasteiger partial charge in [0.25, 0.3) is 12.0 Å². The predicted molar refractivity (Wildman–Crippen MR) is 86.2 cm³/mol. The van der Waals surface area contributed by atoms with Crippen LogP contribution in [0.2, 0.25) is 0 Å². The lowest BCUT2D eigenvalue weighted by atomic mass is 10.2. The molecule has 2 aromatic rings. The van der Waals surface area contributed by atoms with Crippen molar-refractivity contribution in [2.45, 2.75) is 19.5 Å². The number of pyridine rings is 1. The summed E-state index contributed by atoms with van der Waals surface area (Å²) in [6.07, 6.45) is 1.64. The van der Waals surface area contributed by atoms with Crippen LogP contribution < -0.4 is 10.5 Å². The average molecular weight is 353 g/mol. The van der Waals surface area contributed by atoms with E-state index in [1.54, 1.807) is 6.20 Å². The van der Waals surface area contributed by atoms with Gasteiger partial charge in [-0.3, -0.25) is 14.7 Å². The summed E-state index contributed by atoms with van der Waals surface area (Å²) in [6, 6.07) is 2.80. The van der Waals surface area contributed by atoms with Gasteiger partial charge in [-0.2, -0.15) is 5.10 Å². The number of piperazine rings is 1. The molecule has 0 bridgehead atoms. The number of anilines is 1. The zero-order chi connectivity index (χ0) is 17.8. The van der Waals surface area contributed by atoms with E-state index in [-0.39, 0.29) is 5.82 Å². The summed E-state index contributed by atoms with van der Waals surface area (Å²) in [5.74, 6) is -0.355. The third-order valence-corrected chi connectivity index (χ3v) is 4.07. The molecule has 0 aliphatic carbocycles. The van der Waals surface area contributed by atoms with Crippen LogP contribution >= 0.6 is 0 Å². The normalized spacial score (nSPS) is 15.8. The van der Waals surface area contributed by atoms with Crippen molar-refractivity contribution in [3.05, 3.63) is 52.5 Å². The molecule has 0 saturated carbocycles. The standard InChI is InChI=1S/C16H18F3N5O/c17-13-5-12(7-20-8-13)10-22-1-3-23(4-2-22)14-6-16(25)24(21-9-14)11-15(18)19/h5-9,15H,1-4,10-11H2. The van der Waals surface area contributed by atoms with Gasteiger partial charge in [0.15, 0.2) is 0 Å². The number of nitrogens with zero attached hydrogens (tertiary/aromatic N) is 5. The van der Waals surface area contributed by atoms with Crippen molar-refractivity contribution in [3.8, 4) is 0 Å². The fourth-order valence-electron chi connectivity index (χ4n) is 2.83. The SMILES string of the molecule is O=c1cc(N2CCN(Cc3cncc(F)c3)CC2)cnn1CC(F)F. The molecule has 2 aromatic heterocycles. The van der Waals surface area contributed by atoms with Crippen molar-refractivity contribution in [1.29, 1.82) is 0 Å². The van der Waals surface area contributed by atoms with E-state index in [1.807, 2.05) is 4.90 Å². The highest BCUT2D eigenvalue weighted by atomic mass is 19.3. The molecule has 1 aliphatic rings. The van der Waals surface area contributed by atoms with E-state index < -0.39 is 18.5 Å². The monoisotopic (exact) mass is 353 g/mol. The van der Waals surface area contributed by atoms with Crippen LogP contribution in [0.25, 0.3) is 0 Å². The maximum Gasteiger partial charge on any atom is 0.269 e. The Labute approximate surface area is 142 Å². The Morgan fingerprint density at radius 2 is 1.84 bits per heavy atom. The Balaban J connectivity index is 1.58. The maximum absolute atomic E-state index is 13.2. The van der Waals surface area contributed by atoms with E-state index in [0.717, 1.165) is 23.3 Å². The van der Waals surface area contributed by atoms with Gasteiger partial charge in [-0.25, -0.2) is 17.9 Å². The van der Waals surface area contributed by atoms with Gasteiger partial charge < -0.3 is 4.90 Å². The Bertz CT molecular complexity index is 774. The molecular formula is C16H18F3N5O. The fraction of sp³-hybridized carbons (Fsp3) is 0.438. The molecule has 0 aromatic carbocycles. The molecule has 0 unspecified atom stereocenters. The molecule has 9 heteroatoms. The van der Waals surface area contributed by atoms with Crippen LogP contribution in [0.15, 0.2) is 35.5 Å². The van der Waals surface area contributed by atoms with Gasteiger partial charge >= 0.3 is 0 Å². The minimum atomic E-state index is -2.61. The molecule has 0 atom stereocenters. The van der Waals surface area contributed by atoms with Crippen molar-refractivity contribution in [3.63, 3.8) is 0 Å². The second-order valence-electron chi connectivity index (χ2n) is 5.90. The first-order valence-electron chi connectivity index (χ1n) is 7.93. The highest BCUT2D eigenvalue weighted by Crippen LogP contribution is 2.15. The molecule has 25 heavy (non-hydrogen) atoms. The second kappa shape index (κ2) is 7.64. The number of hydrogen-bond acceptors (Lipinski definition) is 5. The molecular weight excluding hydrogens is 335 g/mol. The average Bonchev–Trinajstić information content (AvgIpc) is 2.57. The molecule has 0 amide bonds.